The molecule has 0 aliphatic heterocycles. The van der Waals surface area contributed by atoms with Gasteiger partial charge in [0.15, 0.2) is 0 Å². The van der Waals surface area contributed by atoms with E-state index in [-0.39, 0.29) is 12.5 Å². The lowest BCUT2D eigenvalue weighted by Gasteiger charge is -2.37. The number of nitrogens with zero attached hydrogens (tertiary/aromatic N) is 1. The highest BCUT2D eigenvalue weighted by atomic mass is 16.3. The van der Waals surface area contributed by atoms with E-state index < -0.39 is 0 Å². The van der Waals surface area contributed by atoms with Gasteiger partial charge in [0, 0.05) is 30.1 Å². The number of amides is 1. The maximum atomic E-state index is 12.7. The fraction of sp³-hybridized carbons (Fsp3) is 0.438. The quantitative estimate of drug-likeness (QED) is 0.879. The smallest absolute Gasteiger partial charge is 0.270 e. The molecule has 2 aromatic rings. The number of carbonyl (C=O) groups is 1. The van der Waals surface area contributed by atoms with Gasteiger partial charge in [-0.1, -0.05) is 18.2 Å². The van der Waals surface area contributed by atoms with Gasteiger partial charge in [-0.2, -0.15) is 0 Å². The second kappa shape index (κ2) is 5.67. The average Bonchev–Trinajstić information content (AvgIpc) is 2.84. The summed E-state index contributed by atoms with van der Waals surface area (Å²) in [5, 5.41) is 10.1. The summed E-state index contributed by atoms with van der Waals surface area (Å²) in [4.78, 5) is 17.8. The molecule has 0 saturated heterocycles. The molecular weight excluding hydrogens is 252 g/mol. The molecule has 2 N–H and O–H groups in total. The molecule has 1 heterocycles. The van der Waals surface area contributed by atoms with E-state index in [1.807, 2.05) is 35.2 Å². The average molecular weight is 272 g/mol. The van der Waals surface area contributed by atoms with E-state index in [4.69, 9.17) is 5.11 Å². The summed E-state index contributed by atoms with van der Waals surface area (Å²) in [6, 6.07) is 10.2. The van der Waals surface area contributed by atoms with E-state index in [9.17, 15) is 4.79 Å². The zero-order valence-electron chi connectivity index (χ0n) is 11.5. The third-order valence-electron chi connectivity index (χ3n) is 4.09. The Balaban J connectivity index is 1.83. The van der Waals surface area contributed by atoms with Crippen molar-refractivity contribution in [3.63, 3.8) is 0 Å². The molecule has 20 heavy (non-hydrogen) atoms. The summed E-state index contributed by atoms with van der Waals surface area (Å²) in [5.41, 5.74) is 1.64. The minimum atomic E-state index is 0.0550. The zero-order valence-corrected chi connectivity index (χ0v) is 11.5. The molecule has 4 heteroatoms. The van der Waals surface area contributed by atoms with Crippen LogP contribution in [0.3, 0.4) is 0 Å². The number of H-pyrrole nitrogens is 1. The number of aromatic nitrogens is 1. The number of benzene rings is 1. The van der Waals surface area contributed by atoms with Gasteiger partial charge < -0.3 is 15.0 Å². The van der Waals surface area contributed by atoms with Crippen molar-refractivity contribution in [2.75, 3.05) is 13.2 Å². The first-order valence-electron chi connectivity index (χ1n) is 7.29. The van der Waals surface area contributed by atoms with E-state index in [0.717, 1.165) is 23.7 Å². The summed E-state index contributed by atoms with van der Waals surface area (Å²) in [5.74, 6) is 0.0550. The van der Waals surface area contributed by atoms with Crippen molar-refractivity contribution in [2.45, 2.75) is 31.7 Å². The third kappa shape index (κ3) is 2.43. The lowest BCUT2D eigenvalue weighted by atomic mass is 9.91. The second-order valence-electron chi connectivity index (χ2n) is 5.43. The number of aliphatic hydroxyl groups is 1. The van der Waals surface area contributed by atoms with Crippen molar-refractivity contribution >= 4 is 16.8 Å². The van der Waals surface area contributed by atoms with Crippen LogP contribution in [-0.4, -0.2) is 40.1 Å². The molecule has 3 rings (SSSR count). The molecule has 1 aromatic heterocycles. The van der Waals surface area contributed by atoms with Gasteiger partial charge in [-0.05, 0) is 37.8 Å². The van der Waals surface area contributed by atoms with Crippen LogP contribution in [0, 0.1) is 0 Å². The van der Waals surface area contributed by atoms with Crippen LogP contribution in [0.2, 0.25) is 0 Å². The standard InChI is InChI=1S/C16H20N2O2/c19-10-4-9-18(13-6-3-7-13)16(20)15-11-12-5-1-2-8-14(12)17-15/h1-2,5,8,11,13,17,19H,3-4,6-7,9-10H2. The minimum Gasteiger partial charge on any atom is -0.396 e. The molecule has 1 fully saturated rings. The predicted molar refractivity (Wildman–Crippen MR) is 78.7 cm³/mol. The summed E-state index contributed by atoms with van der Waals surface area (Å²) < 4.78 is 0. The number of hydrogen-bond donors (Lipinski definition) is 2. The van der Waals surface area contributed by atoms with Gasteiger partial charge in [0.25, 0.3) is 5.91 Å². The van der Waals surface area contributed by atoms with Crippen molar-refractivity contribution in [3.8, 4) is 0 Å². The molecule has 1 aliphatic rings. The highest BCUT2D eigenvalue weighted by molar-refractivity contribution is 5.98. The largest absolute Gasteiger partial charge is 0.396 e. The number of aliphatic hydroxyl groups excluding tert-OH is 1. The molecule has 1 saturated carbocycles. The number of rotatable bonds is 5. The molecule has 1 amide bonds. The molecule has 1 aromatic carbocycles. The molecule has 106 valence electrons. The highest BCUT2D eigenvalue weighted by Crippen LogP contribution is 2.27. The van der Waals surface area contributed by atoms with Crippen molar-refractivity contribution in [2.24, 2.45) is 0 Å². The number of carbonyl (C=O) groups excluding carboxylic acids is 1. The molecule has 0 atom stereocenters. The third-order valence-corrected chi connectivity index (χ3v) is 4.09. The minimum absolute atomic E-state index is 0.0550. The van der Waals surface area contributed by atoms with Gasteiger partial charge in [0.2, 0.25) is 0 Å². The first kappa shape index (κ1) is 13.2. The number of para-hydroxylation sites is 1. The number of fused-ring (bicyclic) bond motifs is 1. The zero-order chi connectivity index (χ0) is 13.9. The fourth-order valence-electron chi connectivity index (χ4n) is 2.73. The van der Waals surface area contributed by atoms with Crippen molar-refractivity contribution in [3.05, 3.63) is 36.0 Å². The monoisotopic (exact) mass is 272 g/mol. The van der Waals surface area contributed by atoms with E-state index in [0.29, 0.717) is 24.7 Å². The molecule has 0 radical (unpaired) electrons. The van der Waals surface area contributed by atoms with Gasteiger partial charge in [-0.3, -0.25) is 4.79 Å². The van der Waals surface area contributed by atoms with Crippen LogP contribution in [0.4, 0.5) is 0 Å². The van der Waals surface area contributed by atoms with E-state index >= 15 is 0 Å². The van der Waals surface area contributed by atoms with Crippen LogP contribution >= 0.6 is 0 Å². The molecule has 4 nitrogen and oxygen atoms in total. The Bertz CT molecular complexity index is 568. The predicted octanol–water partition coefficient (Wildman–Crippen LogP) is 2.55. The highest BCUT2D eigenvalue weighted by Gasteiger charge is 2.29. The first-order chi connectivity index (χ1) is 9.79. The Kier molecular flexibility index (Phi) is 3.74. The maximum absolute atomic E-state index is 12.7. The van der Waals surface area contributed by atoms with E-state index in [1.54, 1.807) is 0 Å². The Morgan fingerprint density at radius 3 is 2.80 bits per heavy atom. The van der Waals surface area contributed by atoms with Crippen LogP contribution in [0.15, 0.2) is 30.3 Å². The van der Waals surface area contributed by atoms with E-state index in [1.165, 1.54) is 6.42 Å². The van der Waals surface area contributed by atoms with Gasteiger partial charge in [-0.25, -0.2) is 0 Å². The Hall–Kier alpha value is -1.81. The maximum Gasteiger partial charge on any atom is 0.270 e. The van der Waals surface area contributed by atoms with Crippen LogP contribution < -0.4 is 0 Å². The van der Waals surface area contributed by atoms with Crippen LogP contribution in [-0.2, 0) is 0 Å². The number of aromatic amines is 1. The van der Waals surface area contributed by atoms with Crippen LogP contribution in [0.25, 0.3) is 10.9 Å². The topological polar surface area (TPSA) is 56.3 Å². The summed E-state index contributed by atoms with van der Waals surface area (Å²) in [7, 11) is 0. The molecule has 0 spiro atoms. The SMILES string of the molecule is O=C(c1cc2ccccc2[nH]1)N(CCCO)C1CCC1. The summed E-state index contributed by atoms with van der Waals surface area (Å²) in [6.45, 7) is 0.762. The second-order valence-corrected chi connectivity index (χ2v) is 5.43. The Morgan fingerprint density at radius 2 is 2.15 bits per heavy atom. The summed E-state index contributed by atoms with van der Waals surface area (Å²) >= 11 is 0. The van der Waals surface area contributed by atoms with Gasteiger partial charge in [-0.15, -0.1) is 0 Å². The van der Waals surface area contributed by atoms with Gasteiger partial charge >= 0.3 is 0 Å². The fourth-order valence-corrected chi connectivity index (χ4v) is 2.73. The number of nitrogens with one attached hydrogen (secondary N) is 1. The lowest BCUT2D eigenvalue weighted by Crippen LogP contribution is -2.45. The summed E-state index contributed by atoms with van der Waals surface area (Å²) in [6.07, 6.45) is 4.00. The Labute approximate surface area is 118 Å². The van der Waals surface area contributed by atoms with Crippen molar-refractivity contribution < 1.29 is 9.90 Å². The number of hydrogen-bond acceptors (Lipinski definition) is 2. The normalized spacial score (nSPS) is 15.2. The van der Waals surface area contributed by atoms with Gasteiger partial charge in [0.05, 0.1) is 0 Å². The first-order valence-corrected chi connectivity index (χ1v) is 7.29. The molecule has 0 unspecified atom stereocenters. The molecule has 1 aliphatic carbocycles. The van der Waals surface area contributed by atoms with E-state index in [2.05, 4.69) is 4.98 Å². The van der Waals surface area contributed by atoms with Gasteiger partial charge in [0.1, 0.15) is 5.69 Å². The van der Waals surface area contributed by atoms with Crippen molar-refractivity contribution in [1.29, 1.82) is 0 Å². The molecular formula is C16H20N2O2. The lowest BCUT2D eigenvalue weighted by molar-refractivity contribution is 0.0557. The van der Waals surface area contributed by atoms with Crippen LogP contribution in [0.5, 0.6) is 0 Å². The molecule has 0 bridgehead atoms. The Morgan fingerprint density at radius 1 is 1.35 bits per heavy atom. The van der Waals surface area contributed by atoms with Crippen LogP contribution in [0.1, 0.15) is 36.2 Å². The van der Waals surface area contributed by atoms with Crippen molar-refractivity contribution in [1.82, 2.24) is 9.88 Å².